The fourth-order valence-corrected chi connectivity index (χ4v) is 4.78. The van der Waals surface area contributed by atoms with Gasteiger partial charge in [-0.25, -0.2) is 26.6 Å². The van der Waals surface area contributed by atoms with Gasteiger partial charge in [-0.3, -0.25) is 14.6 Å². The average Bonchev–Trinajstić information content (AvgIpc) is 3.27. The smallest absolute Gasteiger partial charge is 0.388 e. The Labute approximate surface area is 209 Å². The molecule has 2 heterocycles. The predicted octanol–water partition coefficient (Wildman–Crippen LogP) is 4.46. The molecule has 0 saturated carbocycles. The van der Waals surface area contributed by atoms with Gasteiger partial charge in [0.15, 0.2) is 22.2 Å². The molecule has 16 heteroatoms. The number of hydrogen-bond donors (Lipinski definition) is 3. The topological polar surface area (TPSA) is 126 Å². The van der Waals surface area contributed by atoms with Crippen molar-refractivity contribution in [2.75, 3.05) is 11.8 Å². The molecule has 2 aromatic carbocycles. The molecule has 4 aromatic rings. The first-order valence-corrected chi connectivity index (χ1v) is 11.8. The Morgan fingerprint density at radius 2 is 1.86 bits per heavy atom. The van der Waals surface area contributed by atoms with E-state index >= 15 is 8.78 Å². The van der Waals surface area contributed by atoms with E-state index in [1.165, 1.54) is 13.1 Å². The Balaban J connectivity index is 1.80. The lowest BCUT2D eigenvalue weighted by atomic mass is 10.0. The van der Waals surface area contributed by atoms with Crippen molar-refractivity contribution in [3.63, 3.8) is 0 Å². The van der Waals surface area contributed by atoms with E-state index in [1.54, 1.807) is 4.72 Å². The van der Waals surface area contributed by atoms with Crippen LogP contribution in [0.1, 0.15) is 10.5 Å². The number of pyridine rings is 1. The molecule has 0 atom stereocenters. The molecule has 2 aromatic heterocycles. The summed E-state index contributed by atoms with van der Waals surface area (Å²) in [5.74, 6) is -5.63. The molecular weight excluding hydrogens is 549 g/mol. The van der Waals surface area contributed by atoms with Crippen LogP contribution in [0.3, 0.4) is 0 Å². The van der Waals surface area contributed by atoms with Crippen LogP contribution in [0.25, 0.3) is 22.0 Å². The standard InChI is InChI=1S/C21H13ClF5N5O4S/c1-28-19(33)18-10-3-2-9(15(24)17(10)30-31-18)14-11(23)4-5-12(16(14)25)32-37(34,35)13-6-8(22)7-29-20(13)36-21(26)27/h2-7,21,32H,1H3,(H,28,33)(H,30,31). The summed E-state index contributed by atoms with van der Waals surface area (Å²) in [6, 6.07) is 4.27. The highest BCUT2D eigenvalue weighted by atomic mass is 35.5. The number of hydrogen-bond acceptors (Lipinski definition) is 6. The molecule has 4 rings (SSSR count). The SMILES string of the molecule is CNC(=O)c1n[nH]c2c(F)c(-c3c(F)ccc(NS(=O)(=O)c4cc(Cl)cnc4OC(F)F)c3F)ccc12. The zero-order chi connectivity index (χ0) is 27.1. The van der Waals surface area contributed by atoms with E-state index in [1.807, 2.05) is 0 Å². The molecule has 9 nitrogen and oxygen atoms in total. The number of carbonyl (C=O) groups is 1. The van der Waals surface area contributed by atoms with Gasteiger partial charge in [0, 0.05) is 24.2 Å². The molecule has 194 valence electrons. The average molecular weight is 562 g/mol. The lowest BCUT2D eigenvalue weighted by molar-refractivity contribution is -0.0548. The number of anilines is 1. The van der Waals surface area contributed by atoms with Gasteiger partial charge in [-0.15, -0.1) is 0 Å². The van der Waals surface area contributed by atoms with Crippen LogP contribution in [0.4, 0.5) is 27.6 Å². The highest BCUT2D eigenvalue weighted by Gasteiger charge is 2.28. The highest BCUT2D eigenvalue weighted by Crippen LogP contribution is 2.36. The van der Waals surface area contributed by atoms with Crippen LogP contribution in [-0.2, 0) is 10.0 Å². The molecule has 1 amide bonds. The zero-order valence-electron chi connectivity index (χ0n) is 18.2. The number of nitrogens with one attached hydrogen (secondary N) is 3. The lowest BCUT2D eigenvalue weighted by Gasteiger charge is -2.15. The molecule has 3 N–H and O–H groups in total. The number of halogens is 6. The van der Waals surface area contributed by atoms with Crippen molar-refractivity contribution < 1.29 is 39.9 Å². The highest BCUT2D eigenvalue weighted by molar-refractivity contribution is 7.92. The van der Waals surface area contributed by atoms with E-state index in [2.05, 4.69) is 25.2 Å². The maximum absolute atomic E-state index is 15.4. The number of alkyl halides is 2. The van der Waals surface area contributed by atoms with Crippen molar-refractivity contribution in [2.24, 2.45) is 0 Å². The minimum absolute atomic E-state index is 0.0262. The third kappa shape index (κ3) is 4.86. The van der Waals surface area contributed by atoms with Gasteiger partial charge in [-0.1, -0.05) is 17.7 Å². The summed E-state index contributed by atoms with van der Waals surface area (Å²) in [6.45, 7) is -3.44. The molecule has 0 bridgehead atoms. The van der Waals surface area contributed by atoms with Crippen LogP contribution in [0.2, 0.25) is 5.02 Å². The molecule has 0 radical (unpaired) electrons. The Morgan fingerprint density at radius 3 is 2.54 bits per heavy atom. The molecule has 0 fully saturated rings. The normalized spacial score (nSPS) is 11.7. The minimum Gasteiger partial charge on any atom is -0.415 e. The molecule has 0 aliphatic heterocycles. The molecule has 0 saturated heterocycles. The second-order valence-corrected chi connectivity index (χ2v) is 9.31. The van der Waals surface area contributed by atoms with E-state index in [4.69, 9.17) is 11.6 Å². The van der Waals surface area contributed by atoms with Crippen molar-refractivity contribution in [1.29, 1.82) is 0 Å². The van der Waals surface area contributed by atoms with Crippen LogP contribution in [0.5, 0.6) is 5.88 Å². The lowest BCUT2D eigenvalue weighted by Crippen LogP contribution is -2.18. The second-order valence-electron chi connectivity index (χ2n) is 7.23. The number of aromatic amines is 1. The molecule has 0 aliphatic rings. The Hall–Kier alpha value is -3.98. The van der Waals surface area contributed by atoms with Crippen LogP contribution < -0.4 is 14.8 Å². The summed E-state index contributed by atoms with van der Waals surface area (Å²) in [7, 11) is -3.55. The van der Waals surface area contributed by atoms with Crippen molar-refractivity contribution in [3.05, 3.63) is 64.7 Å². The van der Waals surface area contributed by atoms with Crippen molar-refractivity contribution in [2.45, 2.75) is 11.5 Å². The summed E-state index contributed by atoms with van der Waals surface area (Å²) < 4.78 is 102. The zero-order valence-corrected chi connectivity index (χ0v) is 19.8. The van der Waals surface area contributed by atoms with E-state index in [-0.39, 0.29) is 21.6 Å². The fraction of sp³-hybridized carbons (Fsp3) is 0.0952. The summed E-state index contributed by atoms with van der Waals surface area (Å²) >= 11 is 5.72. The van der Waals surface area contributed by atoms with Crippen LogP contribution in [0, 0.1) is 17.5 Å². The number of nitrogens with zero attached hydrogens (tertiary/aromatic N) is 2. The molecular formula is C21H13ClF5N5O4S. The molecule has 0 aliphatic carbocycles. The van der Waals surface area contributed by atoms with Gasteiger partial charge in [0.2, 0.25) is 5.88 Å². The first kappa shape index (κ1) is 26.1. The number of carbonyl (C=O) groups excluding carboxylic acids is 1. The maximum atomic E-state index is 15.4. The van der Waals surface area contributed by atoms with Gasteiger partial charge in [0.25, 0.3) is 15.9 Å². The number of fused-ring (bicyclic) bond motifs is 1. The van der Waals surface area contributed by atoms with Gasteiger partial charge in [0.1, 0.15) is 11.3 Å². The Morgan fingerprint density at radius 1 is 1.14 bits per heavy atom. The summed E-state index contributed by atoms with van der Waals surface area (Å²) in [6.07, 6.45) is 0.846. The number of amides is 1. The van der Waals surface area contributed by atoms with Crippen molar-refractivity contribution in [1.82, 2.24) is 20.5 Å². The summed E-state index contributed by atoms with van der Waals surface area (Å²) in [4.78, 5) is 14.3. The van der Waals surface area contributed by atoms with Gasteiger partial charge in [0.05, 0.1) is 16.3 Å². The first-order chi connectivity index (χ1) is 17.4. The monoisotopic (exact) mass is 561 g/mol. The summed E-state index contributed by atoms with van der Waals surface area (Å²) in [5.41, 5.74) is -2.93. The van der Waals surface area contributed by atoms with E-state index in [0.717, 1.165) is 18.3 Å². The van der Waals surface area contributed by atoms with E-state index in [0.29, 0.717) is 12.1 Å². The first-order valence-electron chi connectivity index (χ1n) is 9.94. The fourth-order valence-electron chi connectivity index (χ4n) is 3.39. The van der Waals surface area contributed by atoms with Crippen LogP contribution >= 0.6 is 11.6 Å². The number of sulfonamides is 1. The molecule has 37 heavy (non-hydrogen) atoms. The van der Waals surface area contributed by atoms with Gasteiger partial charge >= 0.3 is 6.61 Å². The maximum Gasteiger partial charge on any atom is 0.388 e. The summed E-state index contributed by atoms with van der Waals surface area (Å²) in [5, 5.41) is 8.06. The largest absolute Gasteiger partial charge is 0.415 e. The molecule has 0 unspecified atom stereocenters. The van der Waals surface area contributed by atoms with E-state index in [9.17, 15) is 26.4 Å². The predicted molar refractivity (Wildman–Crippen MR) is 121 cm³/mol. The van der Waals surface area contributed by atoms with Crippen molar-refractivity contribution >= 4 is 44.1 Å². The number of aromatic nitrogens is 3. The Bertz CT molecular complexity index is 1650. The Kier molecular flexibility index (Phi) is 6.92. The van der Waals surface area contributed by atoms with Gasteiger partial charge in [-0.2, -0.15) is 13.9 Å². The second kappa shape index (κ2) is 9.82. The number of ether oxygens (including phenoxy) is 1. The number of H-pyrrole nitrogens is 1. The van der Waals surface area contributed by atoms with Gasteiger partial charge in [-0.05, 0) is 24.3 Å². The minimum atomic E-state index is -4.87. The quantitative estimate of drug-likeness (QED) is 0.286. The van der Waals surface area contributed by atoms with Gasteiger partial charge < -0.3 is 10.1 Å². The van der Waals surface area contributed by atoms with Crippen molar-refractivity contribution in [3.8, 4) is 17.0 Å². The third-order valence-corrected chi connectivity index (χ3v) is 6.57. The third-order valence-electron chi connectivity index (χ3n) is 5.00. The molecule has 0 spiro atoms. The van der Waals surface area contributed by atoms with Crippen LogP contribution in [-0.4, -0.2) is 43.2 Å². The number of benzene rings is 2. The number of rotatable bonds is 7. The van der Waals surface area contributed by atoms with Crippen LogP contribution in [0.15, 0.2) is 41.4 Å². The van der Waals surface area contributed by atoms with E-state index < -0.39 is 67.6 Å².